The quantitative estimate of drug-likeness (QED) is 0.622. The van der Waals surface area contributed by atoms with Crippen molar-refractivity contribution >= 4 is 23.3 Å². The fourth-order valence-corrected chi connectivity index (χ4v) is 2.71. The molecule has 0 saturated carbocycles. The van der Waals surface area contributed by atoms with Crippen LogP contribution in [0.3, 0.4) is 0 Å². The molecule has 2 rings (SSSR count). The van der Waals surface area contributed by atoms with Gasteiger partial charge in [-0.3, -0.25) is 0 Å². The summed E-state index contributed by atoms with van der Waals surface area (Å²) in [7, 11) is 0. The van der Waals surface area contributed by atoms with Crippen LogP contribution >= 0.6 is 11.6 Å². The number of halogens is 2. The van der Waals surface area contributed by atoms with Crippen LogP contribution in [0.4, 0.5) is 14.9 Å². The molecule has 0 spiro atoms. The number of benzene rings is 2. The molecule has 2 aromatic rings. The highest BCUT2D eigenvalue weighted by atomic mass is 35.5. The van der Waals surface area contributed by atoms with Crippen molar-refractivity contribution in [1.82, 2.24) is 5.32 Å². The standard InChI is InChI=1S/C20H24ClFN2O3/c1-4-26-12-13-27-18-16(21)6-5-7-17(18)23-19(25)24-20(2,3)14-8-10-15(22)11-9-14/h5-11H,4,12-13H2,1-3H3,(H2,23,24,25). The van der Waals surface area contributed by atoms with Crippen LogP contribution in [-0.4, -0.2) is 25.9 Å². The van der Waals surface area contributed by atoms with Crippen molar-refractivity contribution in [1.29, 1.82) is 0 Å². The third-order valence-corrected chi connectivity index (χ3v) is 4.18. The first-order chi connectivity index (χ1) is 12.8. The van der Waals surface area contributed by atoms with E-state index in [1.54, 1.807) is 30.3 Å². The third kappa shape index (κ3) is 6.12. The topological polar surface area (TPSA) is 59.6 Å². The molecule has 27 heavy (non-hydrogen) atoms. The molecule has 146 valence electrons. The largest absolute Gasteiger partial charge is 0.487 e. The average molecular weight is 395 g/mol. The molecule has 0 atom stereocenters. The second-order valence-corrected chi connectivity index (χ2v) is 6.78. The minimum atomic E-state index is -0.702. The summed E-state index contributed by atoms with van der Waals surface area (Å²) in [4.78, 5) is 12.5. The second kappa shape index (κ2) is 9.58. The van der Waals surface area contributed by atoms with Crippen LogP contribution in [0.2, 0.25) is 5.02 Å². The van der Waals surface area contributed by atoms with Gasteiger partial charge in [0.1, 0.15) is 12.4 Å². The average Bonchev–Trinajstić information content (AvgIpc) is 2.60. The molecule has 2 N–H and O–H groups in total. The van der Waals surface area contributed by atoms with Gasteiger partial charge in [0.15, 0.2) is 5.75 Å². The Hall–Kier alpha value is -2.31. The maximum Gasteiger partial charge on any atom is 0.320 e. The molecule has 2 amide bonds. The van der Waals surface area contributed by atoms with Gasteiger partial charge in [0.25, 0.3) is 0 Å². The smallest absolute Gasteiger partial charge is 0.320 e. The van der Waals surface area contributed by atoms with Gasteiger partial charge < -0.3 is 20.1 Å². The lowest BCUT2D eigenvalue weighted by atomic mass is 9.94. The highest BCUT2D eigenvalue weighted by molar-refractivity contribution is 6.32. The summed E-state index contributed by atoms with van der Waals surface area (Å²) < 4.78 is 24.0. The lowest BCUT2D eigenvalue weighted by Gasteiger charge is -2.27. The zero-order chi connectivity index (χ0) is 19.9. The molecule has 0 aliphatic rings. The van der Waals surface area contributed by atoms with E-state index in [1.807, 2.05) is 20.8 Å². The maximum atomic E-state index is 13.1. The van der Waals surface area contributed by atoms with E-state index in [2.05, 4.69) is 10.6 Å². The van der Waals surface area contributed by atoms with Gasteiger partial charge in [-0.1, -0.05) is 29.8 Å². The molecule has 0 aliphatic carbocycles. The number of ether oxygens (including phenoxy) is 2. The minimum absolute atomic E-state index is 0.314. The molecule has 2 aromatic carbocycles. The lowest BCUT2D eigenvalue weighted by Crippen LogP contribution is -2.43. The van der Waals surface area contributed by atoms with Crippen molar-refractivity contribution < 1.29 is 18.7 Å². The summed E-state index contributed by atoms with van der Waals surface area (Å²) in [6, 6.07) is 10.7. The number of carbonyl (C=O) groups is 1. The van der Waals surface area contributed by atoms with E-state index in [9.17, 15) is 9.18 Å². The summed E-state index contributed by atoms with van der Waals surface area (Å²) in [6.45, 7) is 6.89. The Kier molecular flexibility index (Phi) is 7.45. The van der Waals surface area contributed by atoms with E-state index >= 15 is 0 Å². The van der Waals surface area contributed by atoms with Gasteiger partial charge in [-0.2, -0.15) is 0 Å². The first-order valence-corrected chi connectivity index (χ1v) is 9.05. The van der Waals surface area contributed by atoms with Crippen molar-refractivity contribution in [3.8, 4) is 5.75 Å². The van der Waals surface area contributed by atoms with E-state index in [1.165, 1.54) is 12.1 Å². The number of hydrogen-bond donors (Lipinski definition) is 2. The van der Waals surface area contributed by atoms with Gasteiger partial charge in [0.05, 0.1) is 22.9 Å². The van der Waals surface area contributed by atoms with Gasteiger partial charge in [0.2, 0.25) is 0 Å². The van der Waals surface area contributed by atoms with Crippen LogP contribution in [0.15, 0.2) is 42.5 Å². The Labute approximate surface area is 163 Å². The maximum absolute atomic E-state index is 13.1. The van der Waals surface area contributed by atoms with Gasteiger partial charge in [-0.25, -0.2) is 9.18 Å². The molecule has 0 aliphatic heterocycles. The number of urea groups is 1. The van der Waals surface area contributed by atoms with Crippen LogP contribution < -0.4 is 15.4 Å². The predicted molar refractivity (Wildman–Crippen MR) is 105 cm³/mol. The lowest BCUT2D eigenvalue weighted by molar-refractivity contribution is 0.110. The molecule has 0 unspecified atom stereocenters. The highest BCUT2D eigenvalue weighted by Crippen LogP contribution is 2.33. The summed E-state index contributed by atoms with van der Waals surface area (Å²) in [6.07, 6.45) is 0. The van der Waals surface area contributed by atoms with Crippen molar-refractivity contribution in [2.24, 2.45) is 0 Å². The summed E-state index contributed by atoms with van der Waals surface area (Å²) in [5.74, 6) is 0.0559. The van der Waals surface area contributed by atoms with E-state index in [4.69, 9.17) is 21.1 Å². The van der Waals surface area contributed by atoms with E-state index in [0.29, 0.717) is 36.3 Å². The van der Waals surface area contributed by atoms with Crippen LogP contribution in [0, 0.1) is 5.82 Å². The summed E-state index contributed by atoms with van der Waals surface area (Å²) >= 11 is 6.20. The molecule has 0 saturated heterocycles. The van der Waals surface area contributed by atoms with Gasteiger partial charge in [0, 0.05) is 6.61 Å². The van der Waals surface area contributed by atoms with Crippen LogP contribution in [-0.2, 0) is 10.3 Å². The third-order valence-electron chi connectivity index (χ3n) is 3.89. The Bertz CT molecular complexity index is 766. The fraction of sp³-hybridized carbons (Fsp3) is 0.350. The van der Waals surface area contributed by atoms with Crippen molar-refractivity contribution in [3.05, 3.63) is 58.9 Å². The number of para-hydroxylation sites is 1. The molecule has 0 bridgehead atoms. The number of carbonyl (C=O) groups excluding carboxylic acids is 1. The van der Waals surface area contributed by atoms with Gasteiger partial charge in [-0.05, 0) is 50.6 Å². The predicted octanol–water partition coefficient (Wildman–Crippen LogP) is 4.95. The molecule has 0 fully saturated rings. The Morgan fingerprint density at radius 2 is 1.85 bits per heavy atom. The SMILES string of the molecule is CCOCCOc1c(Cl)cccc1NC(=O)NC(C)(C)c1ccc(F)cc1. The van der Waals surface area contributed by atoms with E-state index < -0.39 is 11.6 Å². The zero-order valence-electron chi connectivity index (χ0n) is 15.6. The molecular formula is C20H24ClFN2O3. The summed E-state index contributed by atoms with van der Waals surface area (Å²) in [5.41, 5.74) is 0.525. The van der Waals surface area contributed by atoms with E-state index in [-0.39, 0.29) is 5.82 Å². The zero-order valence-corrected chi connectivity index (χ0v) is 16.4. The Morgan fingerprint density at radius 3 is 2.52 bits per heavy atom. The van der Waals surface area contributed by atoms with Gasteiger partial charge >= 0.3 is 6.03 Å². The molecule has 0 heterocycles. The minimum Gasteiger partial charge on any atom is -0.487 e. The Morgan fingerprint density at radius 1 is 1.15 bits per heavy atom. The number of rotatable bonds is 8. The molecule has 7 heteroatoms. The molecule has 0 aromatic heterocycles. The monoisotopic (exact) mass is 394 g/mol. The number of amides is 2. The number of anilines is 1. The molecule has 0 radical (unpaired) electrons. The van der Waals surface area contributed by atoms with Crippen molar-refractivity contribution in [2.45, 2.75) is 26.3 Å². The first-order valence-electron chi connectivity index (χ1n) is 8.67. The van der Waals surface area contributed by atoms with Crippen LogP contribution in [0.5, 0.6) is 5.75 Å². The first kappa shape index (κ1) is 21.0. The van der Waals surface area contributed by atoms with E-state index in [0.717, 1.165) is 5.56 Å². The van der Waals surface area contributed by atoms with Crippen LogP contribution in [0.1, 0.15) is 26.3 Å². The highest BCUT2D eigenvalue weighted by Gasteiger charge is 2.23. The summed E-state index contributed by atoms with van der Waals surface area (Å²) in [5, 5.41) is 6.01. The molecule has 5 nitrogen and oxygen atoms in total. The number of hydrogen-bond acceptors (Lipinski definition) is 3. The fourth-order valence-electron chi connectivity index (χ4n) is 2.48. The second-order valence-electron chi connectivity index (χ2n) is 6.37. The Balaban J connectivity index is 2.06. The normalized spacial score (nSPS) is 11.1. The number of nitrogens with one attached hydrogen (secondary N) is 2. The van der Waals surface area contributed by atoms with Crippen molar-refractivity contribution in [2.75, 3.05) is 25.1 Å². The van der Waals surface area contributed by atoms with Gasteiger partial charge in [-0.15, -0.1) is 0 Å². The van der Waals surface area contributed by atoms with Crippen LogP contribution in [0.25, 0.3) is 0 Å². The van der Waals surface area contributed by atoms with Crippen molar-refractivity contribution in [3.63, 3.8) is 0 Å². The molecular weight excluding hydrogens is 371 g/mol.